The Bertz CT molecular complexity index is 1260. The fourth-order valence-electron chi connectivity index (χ4n) is 4.84. The molecule has 44 heavy (non-hydrogen) atoms. The molecule has 26 heteroatoms. The predicted octanol–water partition coefficient (Wildman–Crippen LogP) is 10.5. The van der Waals surface area contributed by atoms with Crippen molar-refractivity contribution in [1.29, 1.82) is 0 Å². The number of rotatable bonds is 2. The minimum atomic E-state index is -10.2. The van der Waals surface area contributed by atoms with Crippen molar-refractivity contribution in [3.05, 3.63) is 46.6 Å². The molecule has 2 aliphatic carbocycles. The fourth-order valence-corrected chi connectivity index (χ4v) is 4.84. The Morgan fingerprint density at radius 2 is 0.523 bits per heavy atom. The molecule has 0 nitrogen and oxygen atoms in total. The molecule has 0 heterocycles. The smallest absolute Gasteiger partial charge is 0.231 e. The summed E-state index contributed by atoms with van der Waals surface area (Å²) in [4.78, 5) is 0. The highest BCUT2D eigenvalue weighted by Gasteiger charge is 3.06. The molecule has 0 bridgehead atoms. The van der Waals surface area contributed by atoms with Gasteiger partial charge in [-0.25, -0.2) is 48.3 Å². The maximum Gasteiger partial charge on any atom is 0.430 e. The molecule has 2 rings (SSSR count). The summed E-state index contributed by atoms with van der Waals surface area (Å²) >= 11 is 0. The first-order chi connectivity index (χ1) is 19.0. The van der Waals surface area contributed by atoms with Gasteiger partial charge in [-0.1, -0.05) is 0 Å². The maximum absolute atomic E-state index is 16.3. The van der Waals surface area contributed by atoms with Gasteiger partial charge in [0.1, 0.15) is 0 Å². The minimum Gasteiger partial charge on any atom is -0.231 e. The lowest BCUT2D eigenvalue weighted by Crippen LogP contribution is -2.85. The molecule has 0 N–H and O–H groups in total. The quantitative estimate of drug-likeness (QED) is 0.251. The van der Waals surface area contributed by atoms with Gasteiger partial charge in [0, 0.05) is 0 Å². The van der Waals surface area contributed by atoms with Crippen molar-refractivity contribution in [3.8, 4) is 0 Å². The zero-order valence-corrected chi connectivity index (χ0v) is 18.8. The Morgan fingerprint density at radius 3 is 0.682 bits per heavy atom. The molecule has 2 aliphatic rings. The molecule has 0 fully saturated rings. The normalized spacial score (nSPS) is 33.4. The molecule has 0 amide bonds. The number of halogens is 26. The van der Waals surface area contributed by atoms with E-state index < -0.39 is 105 Å². The van der Waals surface area contributed by atoms with Crippen molar-refractivity contribution in [1.82, 2.24) is 0 Å². The zero-order valence-electron chi connectivity index (χ0n) is 18.8. The standard InChI is InChI=1S/C18F26/c19-1-3(21)7(25)11(27,16(36,37)38)9(5(1)23,14(30,31)32)13(29,18(42,43)44)10(15(33,34)35)6(24)2(20)4(22)8(26)12(10,28)17(39,40)41. The number of allylic oxidation sites excluding steroid dienone is 8. The fraction of sp³-hybridized carbons (Fsp3) is 0.556. The average Bonchev–Trinajstić information content (AvgIpc) is 2.80. The van der Waals surface area contributed by atoms with Crippen molar-refractivity contribution in [2.24, 2.45) is 10.8 Å². The van der Waals surface area contributed by atoms with E-state index in [0.717, 1.165) is 0 Å². The summed E-state index contributed by atoms with van der Waals surface area (Å²) < 4.78 is 370. The van der Waals surface area contributed by atoms with Crippen molar-refractivity contribution < 1.29 is 114 Å². The summed E-state index contributed by atoms with van der Waals surface area (Å²) in [6.45, 7) is 0. The SMILES string of the molecule is FC1=C(F)C(F)(C(F)(F)F)C(C(F)(F)F)(C(F)(C(F)(F)F)C2(C(F)(F)F)C(F)=C(F)C(F)=C(F)C2(F)C(F)(F)F)C(F)=C1F. The molecule has 0 saturated carbocycles. The minimum absolute atomic E-state index is 4.74. The second kappa shape index (κ2) is 9.34. The van der Waals surface area contributed by atoms with Crippen LogP contribution in [0.25, 0.3) is 0 Å². The topological polar surface area (TPSA) is 0 Å². The van der Waals surface area contributed by atoms with Crippen LogP contribution in [0.3, 0.4) is 0 Å². The van der Waals surface area contributed by atoms with Crippen LogP contribution in [0.2, 0.25) is 0 Å². The highest BCUT2D eigenvalue weighted by atomic mass is 19.4. The van der Waals surface area contributed by atoms with E-state index in [4.69, 9.17) is 0 Å². The second-order valence-electron chi connectivity index (χ2n) is 8.48. The van der Waals surface area contributed by atoms with Crippen LogP contribution in [0.15, 0.2) is 46.6 Å². The van der Waals surface area contributed by atoms with E-state index in [0.29, 0.717) is 0 Å². The highest BCUT2D eigenvalue weighted by molar-refractivity contribution is 5.55. The molecule has 0 spiro atoms. The zero-order chi connectivity index (χ0) is 35.6. The molecule has 0 aliphatic heterocycles. The number of alkyl halides is 18. The first-order valence-corrected chi connectivity index (χ1v) is 9.66. The van der Waals surface area contributed by atoms with Gasteiger partial charge in [-0.05, 0) is 0 Å². The van der Waals surface area contributed by atoms with E-state index in [1.165, 1.54) is 0 Å². The van der Waals surface area contributed by atoms with Gasteiger partial charge >= 0.3 is 30.9 Å². The molecule has 254 valence electrons. The molecular weight excluding hydrogens is 710 g/mol. The lowest BCUT2D eigenvalue weighted by atomic mass is 9.45. The van der Waals surface area contributed by atoms with Gasteiger partial charge < -0.3 is 0 Å². The summed E-state index contributed by atoms with van der Waals surface area (Å²) in [5.41, 5.74) is -47.5. The predicted molar refractivity (Wildman–Crippen MR) is 83.6 cm³/mol. The van der Waals surface area contributed by atoms with Gasteiger partial charge in [-0.15, -0.1) is 0 Å². The van der Waals surface area contributed by atoms with Crippen molar-refractivity contribution in [2.75, 3.05) is 0 Å². The lowest BCUT2D eigenvalue weighted by molar-refractivity contribution is -0.463. The third-order valence-electron chi connectivity index (χ3n) is 6.51. The average molecular weight is 710 g/mol. The van der Waals surface area contributed by atoms with Gasteiger partial charge in [-0.3, -0.25) is 0 Å². The third-order valence-corrected chi connectivity index (χ3v) is 6.51. The van der Waals surface area contributed by atoms with Gasteiger partial charge in [0.05, 0.1) is 0 Å². The van der Waals surface area contributed by atoms with E-state index in [-0.39, 0.29) is 0 Å². The Labute approximate surface area is 220 Å². The van der Waals surface area contributed by atoms with Gasteiger partial charge in [0.2, 0.25) is 10.8 Å². The monoisotopic (exact) mass is 710 g/mol. The van der Waals surface area contributed by atoms with Gasteiger partial charge in [0.25, 0.3) is 17.0 Å². The Morgan fingerprint density at radius 1 is 0.318 bits per heavy atom. The van der Waals surface area contributed by atoms with Crippen LogP contribution >= 0.6 is 0 Å². The second-order valence-corrected chi connectivity index (χ2v) is 8.48. The van der Waals surface area contributed by atoms with Crippen molar-refractivity contribution in [3.63, 3.8) is 0 Å². The summed E-state index contributed by atoms with van der Waals surface area (Å²) in [5.74, 6) is -42.9. The van der Waals surface area contributed by atoms with Crippen LogP contribution in [0.4, 0.5) is 114 Å². The first kappa shape index (κ1) is 37.3. The number of hydrogen-bond acceptors (Lipinski definition) is 0. The van der Waals surface area contributed by atoms with Crippen LogP contribution in [-0.2, 0) is 0 Å². The Hall–Kier alpha value is -2.86. The molecule has 0 aromatic rings. The molecule has 0 saturated heterocycles. The van der Waals surface area contributed by atoms with Crippen LogP contribution < -0.4 is 0 Å². The summed E-state index contributed by atoms with van der Waals surface area (Å²) in [7, 11) is 0. The van der Waals surface area contributed by atoms with E-state index in [2.05, 4.69) is 0 Å². The third kappa shape index (κ3) is 3.58. The summed E-state index contributed by atoms with van der Waals surface area (Å²) in [6.07, 6.45) is -45.8. The molecule has 0 aromatic carbocycles. The van der Waals surface area contributed by atoms with Crippen LogP contribution in [0.1, 0.15) is 0 Å². The molecule has 0 radical (unpaired) electrons. The van der Waals surface area contributed by atoms with Crippen molar-refractivity contribution in [2.45, 2.75) is 47.9 Å². The van der Waals surface area contributed by atoms with E-state index in [9.17, 15) is 101 Å². The summed E-state index contributed by atoms with van der Waals surface area (Å²) in [6, 6.07) is 0. The molecule has 4 atom stereocenters. The van der Waals surface area contributed by atoms with Crippen LogP contribution in [0.5, 0.6) is 0 Å². The van der Waals surface area contributed by atoms with Crippen LogP contribution in [-0.4, -0.2) is 47.9 Å². The van der Waals surface area contributed by atoms with E-state index in [1.807, 2.05) is 0 Å². The molecular formula is C18F26. The van der Waals surface area contributed by atoms with Gasteiger partial charge in [-0.2, -0.15) is 65.9 Å². The first-order valence-electron chi connectivity index (χ1n) is 9.66. The molecule has 0 aromatic heterocycles. The van der Waals surface area contributed by atoms with E-state index in [1.54, 1.807) is 0 Å². The number of hydrogen-bond donors (Lipinski definition) is 0. The largest absolute Gasteiger partial charge is 0.430 e. The van der Waals surface area contributed by atoms with Crippen molar-refractivity contribution >= 4 is 0 Å². The lowest BCUT2D eigenvalue weighted by Gasteiger charge is -2.61. The highest BCUT2D eigenvalue weighted by Crippen LogP contribution is 2.83. The van der Waals surface area contributed by atoms with Gasteiger partial charge in [0.15, 0.2) is 46.6 Å². The van der Waals surface area contributed by atoms with Crippen LogP contribution in [0, 0.1) is 10.8 Å². The Balaban J connectivity index is 3.86. The van der Waals surface area contributed by atoms with E-state index >= 15 is 13.2 Å². The maximum atomic E-state index is 16.3. The Kier molecular flexibility index (Phi) is 7.92. The summed E-state index contributed by atoms with van der Waals surface area (Å²) in [5, 5.41) is 0. The molecule has 4 unspecified atom stereocenters.